The Hall–Kier alpha value is -2.80. The van der Waals surface area contributed by atoms with Crippen LogP contribution >= 0.6 is 11.3 Å². The van der Waals surface area contributed by atoms with Crippen molar-refractivity contribution in [2.75, 3.05) is 4.90 Å². The average molecular weight is 382 g/mol. The zero-order valence-corrected chi connectivity index (χ0v) is 15.7. The number of carbonyl (C=O) groups is 1. The van der Waals surface area contributed by atoms with E-state index in [0.717, 1.165) is 17.0 Å². The van der Waals surface area contributed by atoms with Crippen LogP contribution in [-0.4, -0.2) is 22.1 Å². The number of rotatable bonds is 5. The highest BCUT2D eigenvalue weighted by molar-refractivity contribution is 7.13. The van der Waals surface area contributed by atoms with E-state index in [1.165, 1.54) is 34.7 Å². The van der Waals surface area contributed by atoms with E-state index in [4.69, 9.17) is 0 Å². The quantitative estimate of drug-likeness (QED) is 0.733. The number of nitrogens with zero attached hydrogens (tertiary/aromatic N) is 3. The maximum atomic E-state index is 12.9. The molecule has 5 nitrogen and oxygen atoms in total. The van der Waals surface area contributed by atoms with Crippen LogP contribution in [0, 0.1) is 5.82 Å². The van der Waals surface area contributed by atoms with Gasteiger partial charge in [0.1, 0.15) is 10.8 Å². The third-order valence-electron chi connectivity index (χ3n) is 4.68. The van der Waals surface area contributed by atoms with Gasteiger partial charge in [-0.3, -0.25) is 4.79 Å². The van der Waals surface area contributed by atoms with Crippen molar-refractivity contribution in [2.45, 2.75) is 32.5 Å². The van der Waals surface area contributed by atoms with Crippen LogP contribution in [0.4, 0.5) is 10.1 Å². The summed E-state index contributed by atoms with van der Waals surface area (Å²) in [6, 6.07) is 14.8. The van der Waals surface area contributed by atoms with E-state index >= 15 is 0 Å². The lowest BCUT2D eigenvalue weighted by Crippen LogP contribution is -2.28. The lowest BCUT2D eigenvalue weighted by Gasteiger charge is -2.23. The number of amides is 1. The van der Waals surface area contributed by atoms with Crippen LogP contribution in [0.3, 0.4) is 0 Å². The Morgan fingerprint density at radius 1 is 1.22 bits per heavy atom. The molecule has 1 aromatic heterocycles. The van der Waals surface area contributed by atoms with Crippen molar-refractivity contribution in [3.63, 3.8) is 0 Å². The molecule has 1 N–H and O–H groups in total. The molecule has 0 aliphatic carbocycles. The summed E-state index contributed by atoms with van der Waals surface area (Å²) in [5.74, 6) is -0.561. The molecule has 1 aliphatic heterocycles. The molecular formula is C20H19FN4OS. The second kappa shape index (κ2) is 7.44. The summed E-state index contributed by atoms with van der Waals surface area (Å²) in [5, 5.41) is 12.2. The molecule has 0 saturated heterocycles. The Balaban J connectivity index is 1.40. The molecule has 0 spiro atoms. The van der Waals surface area contributed by atoms with Gasteiger partial charge in [-0.1, -0.05) is 41.7 Å². The van der Waals surface area contributed by atoms with Gasteiger partial charge >= 0.3 is 0 Å². The fourth-order valence-corrected chi connectivity index (χ4v) is 4.04. The van der Waals surface area contributed by atoms with Gasteiger partial charge in [0.05, 0.1) is 6.54 Å². The Bertz CT molecular complexity index is 957. The Morgan fingerprint density at radius 2 is 2.00 bits per heavy atom. The van der Waals surface area contributed by atoms with Crippen LogP contribution in [-0.2, 0) is 19.5 Å². The van der Waals surface area contributed by atoms with E-state index in [-0.39, 0.29) is 11.7 Å². The zero-order valence-electron chi connectivity index (χ0n) is 14.9. The molecule has 138 valence electrons. The molecule has 7 heteroatoms. The van der Waals surface area contributed by atoms with E-state index in [1.54, 1.807) is 12.1 Å². The summed E-state index contributed by atoms with van der Waals surface area (Å²) in [4.78, 5) is 14.6. The maximum Gasteiger partial charge on any atom is 0.282 e. The van der Waals surface area contributed by atoms with Crippen LogP contribution in [0.5, 0.6) is 0 Å². The fraction of sp³-hybridized carbons (Fsp3) is 0.250. The minimum absolute atomic E-state index is 0.266. The molecule has 0 radical (unpaired) electrons. The highest BCUT2D eigenvalue weighted by Gasteiger charge is 2.26. The average Bonchev–Trinajstić information content (AvgIpc) is 3.26. The van der Waals surface area contributed by atoms with E-state index in [0.29, 0.717) is 24.1 Å². The first-order valence-electron chi connectivity index (χ1n) is 8.80. The second-order valence-electron chi connectivity index (χ2n) is 6.62. The summed E-state index contributed by atoms with van der Waals surface area (Å²) in [5.41, 5.74) is 3.39. The van der Waals surface area contributed by atoms with Crippen molar-refractivity contribution in [1.29, 1.82) is 0 Å². The van der Waals surface area contributed by atoms with Crippen molar-refractivity contribution in [3.05, 3.63) is 75.5 Å². The largest absolute Gasteiger partial charge is 0.361 e. The minimum Gasteiger partial charge on any atom is -0.361 e. The third-order valence-corrected chi connectivity index (χ3v) is 5.59. The van der Waals surface area contributed by atoms with Crippen molar-refractivity contribution >= 4 is 22.9 Å². The summed E-state index contributed by atoms with van der Waals surface area (Å²) in [6.45, 7) is 3.16. The number of halogens is 1. The Morgan fingerprint density at radius 3 is 2.81 bits per heavy atom. The van der Waals surface area contributed by atoms with Crippen molar-refractivity contribution in [1.82, 2.24) is 15.5 Å². The molecule has 0 bridgehead atoms. The molecule has 1 atom stereocenters. The number of para-hydroxylation sites is 1. The first-order chi connectivity index (χ1) is 13.1. The molecule has 27 heavy (non-hydrogen) atoms. The van der Waals surface area contributed by atoms with Gasteiger partial charge in [0, 0.05) is 18.3 Å². The van der Waals surface area contributed by atoms with Gasteiger partial charge in [0.15, 0.2) is 0 Å². The highest BCUT2D eigenvalue weighted by Crippen LogP contribution is 2.33. The van der Waals surface area contributed by atoms with Crippen molar-refractivity contribution in [2.24, 2.45) is 0 Å². The lowest BCUT2D eigenvalue weighted by atomic mass is 10.1. The molecule has 2 aromatic carbocycles. The van der Waals surface area contributed by atoms with E-state index in [1.807, 2.05) is 6.07 Å². The van der Waals surface area contributed by atoms with Gasteiger partial charge in [-0.25, -0.2) is 4.39 Å². The SMILES string of the molecule is C[C@@H]1Cc2ccccc2N1Cc1nnc(C(=O)NCc2ccc(F)cc2)s1. The smallest absolute Gasteiger partial charge is 0.282 e. The van der Waals surface area contributed by atoms with Gasteiger partial charge < -0.3 is 10.2 Å². The van der Waals surface area contributed by atoms with Crippen LogP contribution in [0.1, 0.15) is 32.9 Å². The normalized spacial score (nSPS) is 15.6. The van der Waals surface area contributed by atoms with Crippen LogP contribution in [0.25, 0.3) is 0 Å². The number of aromatic nitrogens is 2. The van der Waals surface area contributed by atoms with Crippen LogP contribution in [0.15, 0.2) is 48.5 Å². The van der Waals surface area contributed by atoms with Crippen LogP contribution < -0.4 is 10.2 Å². The standard InChI is InChI=1S/C20H19FN4OS/c1-13-10-15-4-2-3-5-17(15)25(13)12-18-23-24-20(27-18)19(26)22-11-14-6-8-16(21)9-7-14/h2-9,13H,10-12H2,1H3,(H,22,26)/t13-/m1/s1. The maximum absolute atomic E-state index is 12.9. The Labute approximate surface area is 160 Å². The summed E-state index contributed by atoms with van der Waals surface area (Å²) in [6.07, 6.45) is 1.01. The number of hydrogen-bond acceptors (Lipinski definition) is 5. The molecule has 0 fully saturated rings. The number of anilines is 1. The molecule has 1 amide bonds. The molecule has 3 aromatic rings. The third kappa shape index (κ3) is 3.83. The van der Waals surface area contributed by atoms with E-state index < -0.39 is 0 Å². The number of carbonyl (C=O) groups excluding carboxylic acids is 1. The number of hydrogen-bond donors (Lipinski definition) is 1. The first kappa shape index (κ1) is 17.6. The monoisotopic (exact) mass is 382 g/mol. The second-order valence-corrected chi connectivity index (χ2v) is 7.68. The molecule has 2 heterocycles. The lowest BCUT2D eigenvalue weighted by molar-refractivity contribution is 0.0950. The van der Waals surface area contributed by atoms with E-state index in [9.17, 15) is 9.18 Å². The highest BCUT2D eigenvalue weighted by atomic mass is 32.1. The van der Waals surface area contributed by atoms with E-state index in [2.05, 4.69) is 45.5 Å². The molecule has 0 unspecified atom stereocenters. The molecule has 4 rings (SSSR count). The number of nitrogens with one attached hydrogen (secondary N) is 1. The van der Waals surface area contributed by atoms with Gasteiger partial charge in [-0.15, -0.1) is 10.2 Å². The number of fused-ring (bicyclic) bond motifs is 1. The molecular weight excluding hydrogens is 363 g/mol. The number of benzene rings is 2. The van der Waals surface area contributed by atoms with Crippen molar-refractivity contribution in [3.8, 4) is 0 Å². The van der Waals surface area contributed by atoms with Gasteiger partial charge in [-0.2, -0.15) is 0 Å². The minimum atomic E-state index is -0.295. The predicted molar refractivity (Wildman–Crippen MR) is 103 cm³/mol. The Kier molecular flexibility index (Phi) is 4.85. The molecule has 1 aliphatic rings. The van der Waals surface area contributed by atoms with Gasteiger partial charge in [0.2, 0.25) is 5.01 Å². The van der Waals surface area contributed by atoms with Crippen LogP contribution in [0.2, 0.25) is 0 Å². The first-order valence-corrected chi connectivity index (χ1v) is 9.61. The van der Waals surface area contributed by atoms with Gasteiger partial charge in [0.25, 0.3) is 5.91 Å². The topological polar surface area (TPSA) is 58.1 Å². The predicted octanol–water partition coefficient (Wildman–Crippen LogP) is 3.56. The summed E-state index contributed by atoms with van der Waals surface area (Å²) < 4.78 is 12.9. The summed E-state index contributed by atoms with van der Waals surface area (Å²) >= 11 is 1.31. The fourth-order valence-electron chi connectivity index (χ4n) is 3.29. The molecule has 0 saturated carbocycles. The zero-order chi connectivity index (χ0) is 18.8. The summed E-state index contributed by atoms with van der Waals surface area (Å²) in [7, 11) is 0. The van der Waals surface area contributed by atoms with Gasteiger partial charge in [-0.05, 0) is 42.7 Å². The van der Waals surface area contributed by atoms with Crippen molar-refractivity contribution < 1.29 is 9.18 Å².